The van der Waals surface area contributed by atoms with Gasteiger partial charge in [0.15, 0.2) is 12.1 Å². The third-order valence-electron chi connectivity index (χ3n) is 8.24. The molecule has 0 aromatic heterocycles. The third-order valence-corrected chi connectivity index (χ3v) is 8.24. The van der Waals surface area contributed by atoms with Crippen molar-refractivity contribution in [2.24, 2.45) is 0 Å². The lowest BCUT2D eigenvalue weighted by atomic mass is 9.88. The van der Waals surface area contributed by atoms with Crippen LogP contribution in [-0.4, -0.2) is 49.6 Å². The smallest absolute Gasteiger partial charge is 0.186 e. The lowest BCUT2D eigenvalue weighted by molar-refractivity contribution is -0.320. The molecule has 4 aromatic rings. The molecule has 0 amide bonds. The number of anilines is 1. The number of methoxy groups -OCH3 is 1. The Morgan fingerprint density at radius 3 is 1.62 bits per heavy atom. The summed E-state index contributed by atoms with van der Waals surface area (Å²) in [7, 11) is 1.61. The highest BCUT2D eigenvalue weighted by Crippen LogP contribution is 2.36. The molecule has 0 aliphatic carbocycles. The van der Waals surface area contributed by atoms with Crippen molar-refractivity contribution in [1.82, 2.24) is 0 Å². The number of rotatable bonds is 12. The molecule has 6 atom stereocenters. The number of hydrogen-bond acceptors (Lipinski definition) is 7. The zero-order valence-corrected chi connectivity index (χ0v) is 25.4. The summed E-state index contributed by atoms with van der Waals surface area (Å²) in [5, 5.41) is 0. The molecular weight excluding hydrogens is 566 g/mol. The van der Waals surface area contributed by atoms with Gasteiger partial charge in [0.2, 0.25) is 0 Å². The Kier molecular flexibility index (Phi) is 10.5. The number of para-hydroxylation sites is 1. The van der Waals surface area contributed by atoms with Gasteiger partial charge in [0.1, 0.15) is 24.4 Å². The Morgan fingerprint density at radius 1 is 0.644 bits per heavy atom. The number of benzene rings is 4. The van der Waals surface area contributed by atoms with Crippen LogP contribution in [-0.2, 0) is 48.3 Å². The summed E-state index contributed by atoms with van der Waals surface area (Å²) in [6, 6.07) is 39.7. The van der Waals surface area contributed by atoms with E-state index >= 15 is 0 Å². The van der Waals surface area contributed by atoms with Crippen molar-refractivity contribution in [2.45, 2.75) is 63.0 Å². The first-order valence-corrected chi connectivity index (χ1v) is 15.4. The predicted molar refractivity (Wildman–Crippen MR) is 172 cm³/mol. The molecule has 7 heteroatoms. The van der Waals surface area contributed by atoms with Gasteiger partial charge < -0.3 is 28.6 Å². The quantitative estimate of drug-likeness (QED) is 0.183. The lowest BCUT2D eigenvalue weighted by Gasteiger charge is -2.50. The van der Waals surface area contributed by atoms with Gasteiger partial charge in [0.25, 0.3) is 0 Å². The first-order chi connectivity index (χ1) is 22.2. The summed E-state index contributed by atoms with van der Waals surface area (Å²) >= 11 is 0. The molecule has 0 spiro atoms. The highest BCUT2D eigenvalue weighted by Gasteiger charge is 2.52. The van der Waals surface area contributed by atoms with Gasteiger partial charge in [-0.05, 0) is 34.9 Å². The second-order valence-corrected chi connectivity index (χ2v) is 11.3. The maximum atomic E-state index is 12.9. The van der Waals surface area contributed by atoms with E-state index in [1.54, 1.807) is 13.2 Å². The Balaban J connectivity index is 1.37. The predicted octanol–water partition coefficient (Wildman–Crippen LogP) is 6.48. The van der Waals surface area contributed by atoms with E-state index in [0.717, 1.165) is 22.4 Å². The van der Waals surface area contributed by atoms with Gasteiger partial charge in [0.05, 0.1) is 25.9 Å². The minimum Gasteiger partial charge on any atom is -0.368 e. The molecule has 1 saturated heterocycles. The van der Waals surface area contributed by atoms with E-state index in [1.807, 2.05) is 128 Å². The topological polar surface area (TPSA) is 66.5 Å². The Hall–Kier alpha value is -4.11. The van der Waals surface area contributed by atoms with Gasteiger partial charge in [-0.1, -0.05) is 109 Å². The average molecular weight is 606 g/mol. The summed E-state index contributed by atoms with van der Waals surface area (Å²) in [5.41, 5.74) is 4.03. The van der Waals surface area contributed by atoms with Crippen LogP contribution in [0.2, 0.25) is 0 Å². The minimum atomic E-state index is -0.769. The fourth-order valence-electron chi connectivity index (χ4n) is 5.99. The normalized spacial score (nSPS) is 24.9. The van der Waals surface area contributed by atoms with Crippen LogP contribution >= 0.6 is 0 Å². The molecule has 6 rings (SSSR count). The summed E-state index contributed by atoms with van der Waals surface area (Å²) in [6.07, 6.45) is 0.545. The molecule has 2 aliphatic rings. The van der Waals surface area contributed by atoms with E-state index in [0.29, 0.717) is 19.8 Å². The average Bonchev–Trinajstić information content (AvgIpc) is 3.10. The van der Waals surface area contributed by atoms with Gasteiger partial charge in [0, 0.05) is 25.4 Å². The first-order valence-electron chi connectivity index (χ1n) is 15.4. The number of ether oxygens (including phenoxy) is 5. The maximum absolute atomic E-state index is 12.9. The van der Waals surface area contributed by atoms with Crippen molar-refractivity contribution < 1.29 is 28.5 Å². The first kappa shape index (κ1) is 30.9. The molecule has 2 heterocycles. The van der Waals surface area contributed by atoms with Crippen molar-refractivity contribution in [3.05, 3.63) is 150 Å². The van der Waals surface area contributed by atoms with Crippen molar-refractivity contribution in [2.75, 3.05) is 12.0 Å². The lowest BCUT2D eigenvalue weighted by Crippen LogP contribution is -2.65. The fourth-order valence-corrected chi connectivity index (χ4v) is 5.99. The number of ketones is 1. The molecule has 0 saturated carbocycles. The van der Waals surface area contributed by atoms with Crippen LogP contribution in [0.4, 0.5) is 5.69 Å². The zero-order chi connectivity index (χ0) is 30.8. The van der Waals surface area contributed by atoms with E-state index < -0.39 is 30.7 Å². The fraction of sp³-hybridized carbons (Fsp3) is 0.289. The third kappa shape index (κ3) is 7.76. The standard InChI is InChI=1S/C38H39NO6/c1-41-38-37(44-27-30-18-10-4-11-19-30)36(43-26-29-16-8-3-9-17-29)35(42-25-28-14-6-2-7-15-28)34(45-38)33-24-32(40)22-23-39(33)31-20-12-5-13-21-31/h2-23,33-38H,24-27H2,1H3/t33?,34-,35-,36+,37-,38+/m1/s1. The van der Waals surface area contributed by atoms with Crippen molar-refractivity contribution in [1.29, 1.82) is 0 Å². The highest BCUT2D eigenvalue weighted by molar-refractivity contribution is 5.92. The number of nitrogens with zero attached hydrogens (tertiary/aromatic N) is 1. The van der Waals surface area contributed by atoms with Gasteiger partial charge >= 0.3 is 0 Å². The Labute approximate surface area is 264 Å². The van der Waals surface area contributed by atoms with Crippen LogP contribution in [0.5, 0.6) is 0 Å². The van der Waals surface area contributed by atoms with Crippen LogP contribution in [0.1, 0.15) is 23.1 Å². The molecule has 2 aliphatic heterocycles. The molecule has 0 N–H and O–H groups in total. The maximum Gasteiger partial charge on any atom is 0.186 e. The van der Waals surface area contributed by atoms with Crippen molar-refractivity contribution in [3.8, 4) is 0 Å². The summed E-state index contributed by atoms with van der Waals surface area (Å²) < 4.78 is 32.9. The van der Waals surface area contributed by atoms with Crippen LogP contribution in [0, 0.1) is 0 Å². The second kappa shape index (κ2) is 15.3. The number of allylic oxidation sites excluding steroid dienone is 1. The van der Waals surface area contributed by atoms with E-state index in [4.69, 9.17) is 23.7 Å². The SMILES string of the molecule is CO[C@H]1O[C@H](C2CC(=O)C=CN2c2ccccc2)[C@@H](OCc2ccccc2)[C@H](OCc2ccccc2)[C@H]1OCc1ccccc1. The van der Waals surface area contributed by atoms with Crippen molar-refractivity contribution in [3.63, 3.8) is 0 Å². The number of hydrogen-bond donors (Lipinski definition) is 0. The number of carbonyl (C=O) groups is 1. The summed E-state index contributed by atoms with van der Waals surface area (Å²) in [6.45, 7) is 1.02. The molecular formula is C38H39NO6. The molecule has 4 aromatic carbocycles. The van der Waals surface area contributed by atoms with E-state index in [9.17, 15) is 4.79 Å². The molecule has 0 bridgehead atoms. The van der Waals surface area contributed by atoms with E-state index in [1.165, 1.54) is 0 Å². The van der Waals surface area contributed by atoms with Gasteiger partial charge in [-0.2, -0.15) is 0 Å². The molecule has 0 radical (unpaired) electrons. The van der Waals surface area contributed by atoms with Gasteiger partial charge in [-0.15, -0.1) is 0 Å². The van der Waals surface area contributed by atoms with Crippen molar-refractivity contribution >= 4 is 11.5 Å². The van der Waals surface area contributed by atoms with E-state index in [2.05, 4.69) is 4.90 Å². The zero-order valence-electron chi connectivity index (χ0n) is 25.4. The number of carbonyl (C=O) groups excluding carboxylic acids is 1. The van der Waals surface area contributed by atoms with Crippen LogP contribution in [0.25, 0.3) is 0 Å². The highest BCUT2D eigenvalue weighted by atomic mass is 16.7. The summed E-state index contributed by atoms with van der Waals surface area (Å²) in [4.78, 5) is 15.0. The van der Waals surface area contributed by atoms with Crippen LogP contribution in [0.3, 0.4) is 0 Å². The van der Waals surface area contributed by atoms with Crippen LogP contribution in [0.15, 0.2) is 134 Å². The second-order valence-electron chi connectivity index (χ2n) is 11.3. The molecule has 45 heavy (non-hydrogen) atoms. The monoisotopic (exact) mass is 605 g/mol. The van der Waals surface area contributed by atoms with Gasteiger partial charge in [-0.25, -0.2) is 0 Å². The molecule has 1 fully saturated rings. The molecule has 232 valence electrons. The summed E-state index contributed by atoms with van der Waals surface area (Å²) in [5.74, 6) is 0.0239. The Bertz CT molecular complexity index is 1500. The Morgan fingerprint density at radius 2 is 1.11 bits per heavy atom. The molecule has 7 nitrogen and oxygen atoms in total. The van der Waals surface area contributed by atoms with E-state index in [-0.39, 0.29) is 18.2 Å². The molecule has 1 unspecified atom stereocenters. The van der Waals surface area contributed by atoms with Crippen LogP contribution < -0.4 is 4.90 Å². The van der Waals surface area contributed by atoms with Gasteiger partial charge in [-0.3, -0.25) is 4.79 Å². The minimum absolute atomic E-state index is 0.0239. The largest absolute Gasteiger partial charge is 0.368 e.